The van der Waals surface area contributed by atoms with Crippen LogP contribution in [0.3, 0.4) is 0 Å². The SMILES string of the molecule is Cc1cc(C)cc(N(CC(=O)NCCSc2ccccc2)S(C)(=O)=O)c1. The molecule has 0 fully saturated rings. The first-order valence-corrected chi connectivity index (χ1v) is 11.1. The van der Waals surface area contributed by atoms with E-state index in [1.54, 1.807) is 23.9 Å². The van der Waals surface area contributed by atoms with E-state index in [1.165, 1.54) is 0 Å². The van der Waals surface area contributed by atoms with Crippen LogP contribution >= 0.6 is 11.8 Å². The van der Waals surface area contributed by atoms with Gasteiger partial charge < -0.3 is 5.32 Å². The third kappa shape index (κ3) is 6.38. The van der Waals surface area contributed by atoms with Crippen molar-refractivity contribution in [3.05, 3.63) is 59.7 Å². The number of anilines is 1. The molecule has 0 aliphatic carbocycles. The minimum absolute atomic E-state index is 0.224. The Balaban J connectivity index is 1.94. The van der Waals surface area contributed by atoms with Gasteiger partial charge in [0.1, 0.15) is 6.54 Å². The highest BCUT2D eigenvalue weighted by Gasteiger charge is 2.21. The molecule has 0 saturated carbocycles. The van der Waals surface area contributed by atoms with E-state index in [0.29, 0.717) is 12.2 Å². The first-order chi connectivity index (χ1) is 12.3. The lowest BCUT2D eigenvalue weighted by Crippen LogP contribution is -2.41. The van der Waals surface area contributed by atoms with Gasteiger partial charge in [0.15, 0.2) is 0 Å². The summed E-state index contributed by atoms with van der Waals surface area (Å²) >= 11 is 1.64. The van der Waals surface area contributed by atoms with Crippen molar-refractivity contribution >= 4 is 33.4 Å². The third-order valence-electron chi connectivity index (χ3n) is 3.62. The van der Waals surface area contributed by atoms with E-state index in [0.717, 1.165) is 32.3 Å². The van der Waals surface area contributed by atoms with Crippen LogP contribution in [0.4, 0.5) is 5.69 Å². The summed E-state index contributed by atoms with van der Waals surface area (Å²) in [6.07, 6.45) is 1.11. The van der Waals surface area contributed by atoms with Gasteiger partial charge in [-0.2, -0.15) is 0 Å². The standard InChI is InChI=1S/C19H24N2O3S2/c1-15-11-16(2)13-17(12-15)21(26(3,23)24)14-19(22)20-9-10-25-18-7-5-4-6-8-18/h4-8,11-13H,9-10,14H2,1-3H3,(H,20,22). The first-order valence-electron chi connectivity index (χ1n) is 8.26. The fraction of sp³-hybridized carbons (Fsp3) is 0.316. The second kappa shape index (κ2) is 9.09. The molecule has 0 radical (unpaired) electrons. The van der Waals surface area contributed by atoms with Gasteiger partial charge in [0, 0.05) is 17.2 Å². The number of hydrogen-bond acceptors (Lipinski definition) is 4. The lowest BCUT2D eigenvalue weighted by molar-refractivity contribution is -0.119. The zero-order chi connectivity index (χ0) is 19.2. The quantitative estimate of drug-likeness (QED) is 0.554. The molecule has 0 atom stereocenters. The van der Waals surface area contributed by atoms with Crippen molar-refractivity contribution in [2.24, 2.45) is 0 Å². The Labute approximate surface area is 159 Å². The summed E-state index contributed by atoms with van der Waals surface area (Å²) in [5.74, 6) is 0.404. The van der Waals surface area contributed by atoms with Gasteiger partial charge in [0.25, 0.3) is 0 Å². The number of amides is 1. The highest BCUT2D eigenvalue weighted by Crippen LogP contribution is 2.21. The molecule has 0 heterocycles. The Kier molecular flexibility index (Phi) is 7.11. The number of hydrogen-bond donors (Lipinski definition) is 1. The Morgan fingerprint density at radius 3 is 2.27 bits per heavy atom. The van der Waals surface area contributed by atoms with E-state index in [4.69, 9.17) is 0 Å². The van der Waals surface area contributed by atoms with E-state index in [-0.39, 0.29) is 12.5 Å². The van der Waals surface area contributed by atoms with Gasteiger partial charge in [0.2, 0.25) is 15.9 Å². The maximum absolute atomic E-state index is 12.2. The fourth-order valence-electron chi connectivity index (χ4n) is 2.56. The Bertz CT molecular complexity index is 832. The fourth-order valence-corrected chi connectivity index (χ4v) is 4.19. The maximum atomic E-state index is 12.2. The molecule has 0 saturated heterocycles. The summed E-state index contributed by atoms with van der Waals surface area (Å²) < 4.78 is 25.4. The molecule has 2 aromatic rings. The van der Waals surface area contributed by atoms with Gasteiger partial charge in [-0.1, -0.05) is 24.3 Å². The number of benzene rings is 2. The monoisotopic (exact) mass is 392 g/mol. The maximum Gasteiger partial charge on any atom is 0.240 e. The molecule has 0 aliphatic heterocycles. The summed E-state index contributed by atoms with van der Waals surface area (Å²) in [7, 11) is -3.55. The number of aryl methyl sites for hydroxylation is 2. The van der Waals surface area contributed by atoms with Crippen LogP contribution in [0.2, 0.25) is 0 Å². The van der Waals surface area contributed by atoms with E-state index in [9.17, 15) is 13.2 Å². The molecule has 26 heavy (non-hydrogen) atoms. The molecule has 1 amide bonds. The number of nitrogens with one attached hydrogen (secondary N) is 1. The second-order valence-electron chi connectivity index (χ2n) is 6.13. The van der Waals surface area contributed by atoms with Gasteiger partial charge >= 0.3 is 0 Å². The van der Waals surface area contributed by atoms with Crippen molar-refractivity contribution < 1.29 is 13.2 Å². The zero-order valence-electron chi connectivity index (χ0n) is 15.2. The molecular weight excluding hydrogens is 368 g/mol. The van der Waals surface area contributed by atoms with Crippen LogP contribution in [0, 0.1) is 13.8 Å². The van der Waals surface area contributed by atoms with Crippen molar-refractivity contribution in [3.63, 3.8) is 0 Å². The molecule has 2 rings (SSSR count). The molecule has 1 N–H and O–H groups in total. The van der Waals surface area contributed by atoms with Gasteiger partial charge in [0.05, 0.1) is 11.9 Å². The molecule has 0 aromatic heterocycles. The van der Waals surface area contributed by atoms with Crippen LogP contribution in [-0.4, -0.2) is 39.4 Å². The molecular formula is C19H24N2O3S2. The van der Waals surface area contributed by atoms with Gasteiger partial charge in [-0.15, -0.1) is 11.8 Å². The van der Waals surface area contributed by atoms with Gasteiger partial charge in [-0.25, -0.2) is 8.42 Å². The molecule has 7 heteroatoms. The van der Waals surface area contributed by atoms with E-state index in [2.05, 4.69) is 5.32 Å². The van der Waals surface area contributed by atoms with Crippen LogP contribution in [0.1, 0.15) is 11.1 Å². The second-order valence-corrected chi connectivity index (χ2v) is 9.20. The van der Waals surface area contributed by atoms with Gasteiger partial charge in [-0.3, -0.25) is 9.10 Å². The van der Waals surface area contributed by atoms with Crippen molar-refractivity contribution in [3.8, 4) is 0 Å². The first kappa shape index (κ1) is 20.3. The molecule has 0 aliphatic rings. The summed E-state index contributed by atoms with van der Waals surface area (Å²) in [5.41, 5.74) is 2.42. The van der Waals surface area contributed by atoms with Crippen molar-refractivity contribution in [1.29, 1.82) is 0 Å². The van der Waals surface area contributed by atoms with Crippen LogP contribution in [-0.2, 0) is 14.8 Å². The summed E-state index contributed by atoms with van der Waals surface area (Å²) in [4.78, 5) is 13.4. The van der Waals surface area contributed by atoms with E-state index in [1.807, 2.05) is 50.2 Å². The van der Waals surface area contributed by atoms with Gasteiger partial charge in [-0.05, 0) is 49.2 Å². The third-order valence-corrected chi connectivity index (χ3v) is 5.77. The van der Waals surface area contributed by atoms with E-state index < -0.39 is 10.0 Å². The topological polar surface area (TPSA) is 66.5 Å². The van der Waals surface area contributed by atoms with Crippen molar-refractivity contribution in [2.75, 3.05) is 29.4 Å². The zero-order valence-corrected chi connectivity index (χ0v) is 16.9. The largest absolute Gasteiger partial charge is 0.354 e. The van der Waals surface area contributed by atoms with Crippen molar-refractivity contribution in [1.82, 2.24) is 5.32 Å². The highest BCUT2D eigenvalue weighted by atomic mass is 32.2. The average molecular weight is 393 g/mol. The molecule has 2 aromatic carbocycles. The van der Waals surface area contributed by atoms with Crippen LogP contribution in [0.25, 0.3) is 0 Å². The molecule has 5 nitrogen and oxygen atoms in total. The smallest absolute Gasteiger partial charge is 0.240 e. The summed E-state index contributed by atoms with van der Waals surface area (Å²) in [6.45, 7) is 4.05. The number of thioether (sulfide) groups is 1. The molecule has 0 spiro atoms. The minimum Gasteiger partial charge on any atom is -0.354 e. The Morgan fingerprint density at radius 2 is 1.69 bits per heavy atom. The number of nitrogens with zero attached hydrogens (tertiary/aromatic N) is 1. The number of carbonyl (C=O) groups excluding carboxylic acids is 1. The average Bonchev–Trinajstić information content (AvgIpc) is 2.55. The normalized spacial score (nSPS) is 11.2. The Hall–Kier alpha value is -1.99. The predicted molar refractivity (Wildman–Crippen MR) is 108 cm³/mol. The van der Waals surface area contributed by atoms with Crippen molar-refractivity contribution in [2.45, 2.75) is 18.7 Å². The minimum atomic E-state index is -3.55. The summed E-state index contributed by atoms with van der Waals surface area (Å²) in [5, 5.41) is 2.79. The summed E-state index contributed by atoms with van der Waals surface area (Å²) in [6, 6.07) is 15.4. The number of sulfonamides is 1. The predicted octanol–water partition coefficient (Wildman–Crippen LogP) is 2.98. The molecule has 140 valence electrons. The lowest BCUT2D eigenvalue weighted by atomic mass is 10.1. The van der Waals surface area contributed by atoms with Crippen LogP contribution in [0.5, 0.6) is 0 Å². The highest BCUT2D eigenvalue weighted by molar-refractivity contribution is 7.99. The van der Waals surface area contributed by atoms with Crippen LogP contribution < -0.4 is 9.62 Å². The Morgan fingerprint density at radius 1 is 1.08 bits per heavy atom. The molecule has 0 unspecified atom stereocenters. The lowest BCUT2D eigenvalue weighted by Gasteiger charge is -2.22. The van der Waals surface area contributed by atoms with E-state index >= 15 is 0 Å². The number of rotatable bonds is 8. The molecule has 0 bridgehead atoms. The van der Waals surface area contributed by atoms with Crippen LogP contribution in [0.15, 0.2) is 53.4 Å². The number of carbonyl (C=O) groups is 1.